The second kappa shape index (κ2) is 5.92. The van der Waals surface area contributed by atoms with Gasteiger partial charge in [0.2, 0.25) is 0 Å². The SMILES string of the molecule is O=S(=O)(Nc1ccc(-c2nnnn2C2CC2)cc1)c1ccc(F)cc1. The number of rotatable bonds is 5. The summed E-state index contributed by atoms with van der Waals surface area (Å²) in [5.41, 5.74) is 1.21. The first-order chi connectivity index (χ1) is 12.0. The van der Waals surface area contributed by atoms with Gasteiger partial charge in [-0.3, -0.25) is 4.72 Å². The van der Waals surface area contributed by atoms with E-state index in [0.717, 1.165) is 30.5 Å². The van der Waals surface area contributed by atoms with Crippen molar-refractivity contribution in [1.29, 1.82) is 0 Å². The molecule has 0 amide bonds. The summed E-state index contributed by atoms with van der Waals surface area (Å²) in [6, 6.07) is 11.8. The smallest absolute Gasteiger partial charge is 0.261 e. The van der Waals surface area contributed by atoms with Crippen molar-refractivity contribution in [2.75, 3.05) is 4.72 Å². The highest BCUT2D eigenvalue weighted by atomic mass is 32.2. The molecular weight excluding hydrogens is 345 g/mol. The number of hydrogen-bond acceptors (Lipinski definition) is 5. The fraction of sp³-hybridized carbons (Fsp3) is 0.188. The predicted octanol–water partition coefficient (Wildman–Crippen LogP) is 2.61. The largest absolute Gasteiger partial charge is 0.280 e. The second-order valence-electron chi connectivity index (χ2n) is 5.82. The van der Waals surface area contributed by atoms with E-state index < -0.39 is 15.8 Å². The predicted molar refractivity (Wildman–Crippen MR) is 88.7 cm³/mol. The van der Waals surface area contributed by atoms with Crippen LogP contribution in [-0.4, -0.2) is 28.6 Å². The second-order valence-corrected chi connectivity index (χ2v) is 7.50. The van der Waals surface area contributed by atoms with E-state index in [9.17, 15) is 12.8 Å². The summed E-state index contributed by atoms with van der Waals surface area (Å²) in [6.07, 6.45) is 2.13. The van der Waals surface area contributed by atoms with Gasteiger partial charge in [0.05, 0.1) is 10.9 Å². The lowest BCUT2D eigenvalue weighted by atomic mass is 10.2. The third-order valence-corrected chi connectivity index (χ3v) is 5.30. The molecule has 0 radical (unpaired) electrons. The zero-order valence-corrected chi connectivity index (χ0v) is 13.8. The van der Waals surface area contributed by atoms with Crippen LogP contribution in [0.5, 0.6) is 0 Å². The average Bonchev–Trinajstić information content (AvgIpc) is 3.33. The molecule has 7 nitrogen and oxygen atoms in total. The molecule has 0 spiro atoms. The number of tetrazole rings is 1. The molecule has 25 heavy (non-hydrogen) atoms. The number of sulfonamides is 1. The minimum atomic E-state index is -3.77. The fourth-order valence-corrected chi connectivity index (χ4v) is 3.52. The lowest BCUT2D eigenvalue weighted by Gasteiger charge is -2.09. The van der Waals surface area contributed by atoms with Crippen molar-refractivity contribution in [1.82, 2.24) is 20.2 Å². The summed E-state index contributed by atoms with van der Waals surface area (Å²) >= 11 is 0. The van der Waals surface area contributed by atoms with Crippen molar-refractivity contribution in [3.8, 4) is 11.4 Å². The Kier molecular flexibility index (Phi) is 3.72. The molecular formula is C16H14FN5O2S. The number of aromatic nitrogens is 4. The summed E-state index contributed by atoms with van der Waals surface area (Å²) in [6.45, 7) is 0. The van der Waals surface area contributed by atoms with Gasteiger partial charge >= 0.3 is 0 Å². The molecule has 9 heteroatoms. The maximum absolute atomic E-state index is 12.9. The molecule has 2 aromatic carbocycles. The van der Waals surface area contributed by atoms with Crippen molar-refractivity contribution in [3.63, 3.8) is 0 Å². The van der Waals surface area contributed by atoms with Crippen LogP contribution >= 0.6 is 0 Å². The number of benzene rings is 2. The van der Waals surface area contributed by atoms with Gasteiger partial charge in [0, 0.05) is 11.3 Å². The average molecular weight is 359 g/mol. The van der Waals surface area contributed by atoms with Crippen LogP contribution in [0.25, 0.3) is 11.4 Å². The maximum atomic E-state index is 12.9. The van der Waals surface area contributed by atoms with Gasteiger partial charge in [0.25, 0.3) is 10.0 Å². The van der Waals surface area contributed by atoms with Gasteiger partial charge < -0.3 is 0 Å². The minimum Gasteiger partial charge on any atom is -0.280 e. The number of nitrogens with one attached hydrogen (secondary N) is 1. The van der Waals surface area contributed by atoms with Crippen molar-refractivity contribution in [2.24, 2.45) is 0 Å². The Morgan fingerprint density at radius 1 is 1.04 bits per heavy atom. The number of anilines is 1. The summed E-state index contributed by atoms with van der Waals surface area (Å²) in [7, 11) is -3.77. The highest BCUT2D eigenvalue weighted by molar-refractivity contribution is 7.92. The zero-order valence-electron chi connectivity index (χ0n) is 13.0. The van der Waals surface area contributed by atoms with Gasteiger partial charge in [-0.2, -0.15) is 0 Å². The Morgan fingerprint density at radius 3 is 2.36 bits per heavy atom. The van der Waals surface area contributed by atoms with E-state index in [1.54, 1.807) is 28.9 Å². The van der Waals surface area contributed by atoms with E-state index in [1.807, 2.05) is 0 Å². The normalized spacial score (nSPS) is 14.4. The number of halogens is 1. The molecule has 1 fully saturated rings. The number of hydrogen-bond donors (Lipinski definition) is 1. The zero-order chi connectivity index (χ0) is 17.4. The number of nitrogens with zero attached hydrogens (tertiary/aromatic N) is 4. The standard InChI is InChI=1S/C16H14FN5O2S/c17-12-3-9-15(10-4-12)25(23,24)19-13-5-1-11(2-6-13)16-18-20-21-22(16)14-7-8-14/h1-6,9-10,14,19H,7-8H2. The molecule has 0 aliphatic heterocycles. The molecule has 1 aliphatic rings. The molecule has 4 rings (SSSR count). The molecule has 1 aromatic heterocycles. The van der Waals surface area contributed by atoms with Crippen molar-refractivity contribution < 1.29 is 12.8 Å². The van der Waals surface area contributed by atoms with Crippen LogP contribution in [0.4, 0.5) is 10.1 Å². The lowest BCUT2D eigenvalue weighted by molar-refractivity contribution is 0.599. The van der Waals surface area contributed by atoms with Gasteiger partial charge in [-0.15, -0.1) is 5.10 Å². The molecule has 0 atom stereocenters. The van der Waals surface area contributed by atoms with Crippen LogP contribution in [-0.2, 0) is 10.0 Å². The Bertz CT molecular complexity index is 996. The van der Waals surface area contributed by atoms with Crippen LogP contribution in [0, 0.1) is 5.82 Å². The van der Waals surface area contributed by atoms with Crippen LogP contribution < -0.4 is 4.72 Å². The molecule has 128 valence electrons. The van der Waals surface area contributed by atoms with Gasteiger partial charge in [0.1, 0.15) is 5.82 Å². The maximum Gasteiger partial charge on any atom is 0.261 e. The quantitative estimate of drug-likeness (QED) is 0.756. The van der Waals surface area contributed by atoms with Crippen molar-refractivity contribution in [3.05, 3.63) is 54.3 Å². The van der Waals surface area contributed by atoms with Crippen LogP contribution in [0.2, 0.25) is 0 Å². The molecule has 3 aromatic rings. The van der Waals surface area contributed by atoms with Crippen molar-refractivity contribution >= 4 is 15.7 Å². The Labute approximate surface area is 143 Å². The Hall–Kier alpha value is -2.81. The van der Waals surface area contributed by atoms with Gasteiger partial charge in [0.15, 0.2) is 5.82 Å². The fourth-order valence-electron chi connectivity index (χ4n) is 2.46. The molecule has 1 saturated carbocycles. The summed E-state index contributed by atoms with van der Waals surface area (Å²) < 4.78 is 41.8. The molecule has 0 bridgehead atoms. The first-order valence-corrected chi connectivity index (χ1v) is 9.18. The highest BCUT2D eigenvalue weighted by Crippen LogP contribution is 2.36. The molecule has 1 aliphatic carbocycles. The summed E-state index contributed by atoms with van der Waals surface area (Å²) in [5, 5.41) is 11.7. The molecule has 1 heterocycles. The van der Waals surface area contributed by atoms with Gasteiger partial charge in [-0.05, 0) is 71.8 Å². The molecule has 0 unspecified atom stereocenters. The lowest BCUT2D eigenvalue weighted by Crippen LogP contribution is -2.12. The first-order valence-electron chi connectivity index (χ1n) is 7.70. The van der Waals surface area contributed by atoms with Gasteiger partial charge in [-0.1, -0.05) is 0 Å². The molecule has 0 saturated heterocycles. The van der Waals surface area contributed by atoms with Gasteiger partial charge in [-0.25, -0.2) is 17.5 Å². The third-order valence-electron chi connectivity index (χ3n) is 3.90. The highest BCUT2D eigenvalue weighted by Gasteiger charge is 2.28. The third kappa shape index (κ3) is 3.22. The monoisotopic (exact) mass is 359 g/mol. The van der Waals surface area contributed by atoms with E-state index >= 15 is 0 Å². The van der Waals surface area contributed by atoms with Crippen LogP contribution in [0.3, 0.4) is 0 Å². The van der Waals surface area contributed by atoms with E-state index in [-0.39, 0.29) is 4.90 Å². The van der Waals surface area contributed by atoms with Crippen LogP contribution in [0.1, 0.15) is 18.9 Å². The van der Waals surface area contributed by atoms with E-state index in [4.69, 9.17) is 0 Å². The Balaban J connectivity index is 1.56. The molecule has 1 N–H and O–H groups in total. The Morgan fingerprint density at radius 2 is 1.72 bits per heavy atom. The minimum absolute atomic E-state index is 0.00403. The summed E-state index contributed by atoms with van der Waals surface area (Å²) in [4.78, 5) is -0.00403. The van der Waals surface area contributed by atoms with Crippen molar-refractivity contribution in [2.45, 2.75) is 23.8 Å². The van der Waals surface area contributed by atoms with E-state index in [0.29, 0.717) is 17.6 Å². The summed E-state index contributed by atoms with van der Waals surface area (Å²) in [5.74, 6) is 0.173. The van der Waals surface area contributed by atoms with E-state index in [2.05, 4.69) is 20.2 Å². The topological polar surface area (TPSA) is 89.8 Å². The van der Waals surface area contributed by atoms with E-state index in [1.165, 1.54) is 12.1 Å². The van der Waals surface area contributed by atoms with Crippen LogP contribution in [0.15, 0.2) is 53.4 Å². The first kappa shape index (κ1) is 15.7.